The van der Waals surface area contributed by atoms with E-state index in [1.165, 1.54) is 0 Å². The van der Waals surface area contributed by atoms with Crippen molar-refractivity contribution in [3.05, 3.63) is 0 Å². The van der Waals surface area contributed by atoms with E-state index < -0.39 is 0 Å². The summed E-state index contributed by atoms with van der Waals surface area (Å²) in [6.45, 7) is 1.28. The predicted octanol–water partition coefficient (Wildman–Crippen LogP) is 0.0892. The molecule has 14 heavy (non-hydrogen) atoms. The summed E-state index contributed by atoms with van der Waals surface area (Å²) in [4.78, 5) is 12.7. The van der Waals surface area contributed by atoms with Crippen LogP contribution in [0.25, 0.3) is 0 Å². The number of hydrogen-bond acceptors (Lipinski definition) is 3. The highest BCUT2D eigenvalue weighted by atomic mass is 16.5. The lowest BCUT2D eigenvalue weighted by Crippen LogP contribution is -2.39. The summed E-state index contributed by atoms with van der Waals surface area (Å²) in [5.74, 6) is 0.779. The molecule has 0 aromatic rings. The van der Waals surface area contributed by atoms with Crippen molar-refractivity contribution in [3.8, 4) is 0 Å². The van der Waals surface area contributed by atoms with Crippen LogP contribution in [0.15, 0.2) is 0 Å². The molecule has 1 N–H and O–H groups in total. The molecule has 1 aliphatic carbocycles. The van der Waals surface area contributed by atoms with Crippen LogP contribution in [0.2, 0.25) is 0 Å². The van der Waals surface area contributed by atoms with Gasteiger partial charge in [-0.15, -0.1) is 0 Å². The molecule has 0 atom stereocenters. The maximum Gasteiger partial charge on any atom is 0.248 e. The lowest BCUT2D eigenvalue weighted by Gasteiger charge is -2.35. The fourth-order valence-electron chi connectivity index (χ4n) is 1.58. The molecule has 0 saturated heterocycles. The van der Waals surface area contributed by atoms with Crippen molar-refractivity contribution in [2.75, 3.05) is 34.3 Å². The van der Waals surface area contributed by atoms with Crippen LogP contribution in [0.1, 0.15) is 12.8 Å². The van der Waals surface area contributed by atoms with Crippen molar-refractivity contribution in [1.29, 1.82) is 0 Å². The van der Waals surface area contributed by atoms with Gasteiger partial charge in [-0.1, -0.05) is 0 Å². The highest BCUT2D eigenvalue weighted by Gasteiger charge is 2.29. The fraction of sp³-hybridized carbons (Fsp3) is 0.900. The van der Waals surface area contributed by atoms with Crippen molar-refractivity contribution < 1.29 is 9.53 Å². The molecule has 0 heterocycles. The van der Waals surface area contributed by atoms with Gasteiger partial charge in [-0.05, 0) is 32.4 Å². The van der Waals surface area contributed by atoms with E-state index in [-0.39, 0.29) is 12.5 Å². The van der Waals surface area contributed by atoms with E-state index in [9.17, 15) is 4.79 Å². The van der Waals surface area contributed by atoms with Gasteiger partial charge in [0.1, 0.15) is 6.61 Å². The first-order valence-electron chi connectivity index (χ1n) is 5.09. The molecule has 0 aliphatic heterocycles. The Morgan fingerprint density at radius 1 is 1.50 bits per heavy atom. The third-order valence-electron chi connectivity index (χ3n) is 2.63. The van der Waals surface area contributed by atoms with E-state index in [1.54, 1.807) is 19.0 Å². The lowest BCUT2D eigenvalue weighted by atomic mass is 9.82. The molecular formula is C10H20N2O2. The zero-order valence-electron chi connectivity index (χ0n) is 9.25. The van der Waals surface area contributed by atoms with Crippen molar-refractivity contribution in [2.24, 2.45) is 5.92 Å². The topological polar surface area (TPSA) is 41.6 Å². The monoisotopic (exact) mass is 200 g/mol. The summed E-state index contributed by atoms with van der Waals surface area (Å²) in [6.07, 6.45) is 2.47. The van der Waals surface area contributed by atoms with E-state index in [0.717, 1.165) is 25.3 Å². The highest BCUT2D eigenvalue weighted by molar-refractivity contribution is 5.76. The van der Waals surface area contributed by atoms with Crippen LogP contribution in [-0.2, 0) is 9.53 Å². The Kier molecular flexibility index (Phi) is 4.35. The molecule has 4 heteroatoms. The maximum absolute atomic E-state index is 11.2. The standard InChI is InChI=1S/C10H20N2O2/c1-11-6-8-4-9(5-8)14-7-10(13)12(2)3/h8-9,11H,4-7H2,1-3H3. The molecule has 4 nitrogen and oxygen atoms in total. The van der Waals surface area contributed by atoms with Crippen LogP contribution in [0, 0.1) is 5.92 Å². The van der Waals surface area contributed by atoms with Gasteiger partial charge in [0.15, 0.2) is 0 Å². The largest absolute Gasteiger partial charge is 0.368 e. The fourth-order valence-corrected chi connectivity index (χ4v) is 1.58. The first-order chi connectivity index (χ1) is 6.63. The smallest absolute Gasteiger partial charge is 0.248 e. The average Bonchev–Trinajstić information content (AvgIpc) is 2.08. The molecule has 1 fully saturated rings. The van der Waals surface area contributed by atoms with Gasteiger partial charge < -0.3 is 15.0 Å². The van der Waals surface area contributed by atoms with E-state index >= 15 is 0 Å². The third kappa shape index (κ3) is 3.27. The van der Waals surface area contributed by atoms with E-state index in [0.29, 0.717) is 6.10 Å². The quantitative estimate of drug-likeness (QED) is 0.684. The molecule has 82 valence electrons. The number of ether oxygens (including phenoxy) is 1. The number of likely N-dealkylation sites (N-methyl/N-ethyl adjacent to an activating group) is 1. The van der Waals surface area contributed by atoms with Crippen molar-refractivity contribution in [3.63, 3.8) is 0 Å². The average molecular weight is 200 g/mol. The van der Waals surface area contributed by atoms with Gasteiger partial charge in [0.05, 0.1) is 6.10 Å². The normalized spacial score (nSPS) is 25.6. The summed E-state index contributed by atoms with van der Waals surface area (Å²) in [6, 6.07) is 0. The molecule has 1 rings (SSSR count). The van der Waals surface area contributed by atoms with Crippen molar-refractivity contribution >= 4 is 5.91 Å². The van der Waals surface area contributed by atoms with Crippen LogP contribution in [-0.4, -0.2) is 51.2 Å². The number of nitrogens with one attached hydrogen (secondary N) is 1. The second-order valence-electron chi connectivity index (χ2n) is 4.12. The van der Waals surface area contributed by atoms with Gasteiger partial charge >= 0.3 is 0 Å². The summed E-state index contributed by atoms with van der Waals surface area (Å²) < 4.78 is 5.46. The summed E-state index contributed by atoms with van der Waals surface area (Å²) in [7, 11) is 5.45. The second kappa shape index (κ2) is 5.32. The number of rotatable bonds is 5. The minimum atomic E-state index is 0.0436. The Labute approximate surface area is 85.6 Å². The number of carbonyl (C=O) groups excluding carboxylic acids is 1. The molecule has 0 aromatic heterocycles. The van der Waals surface area contributed by atoms with Gasteiger partial charge in [-0.25, -0.2) is 0 Å². The molecule has 0 aromatic carbocycles. The van der Waals surface area contributed by atoms with Crippen LogP contribution in [0.3, 0.4) is 0 Å². The molecule has 1 amide bonds. The van der Waals surface area contributed by atoms with Crippen molar-refractivity contribution in [2.45, 2.75) is 18.9 Å². The van der Waals surface area contributed by atoms with Crippen LogP contribution < -0.4 is 5.32 Å². The van der Waals surface area contributed by atoms with E-state index in [4.69, 9.17) is 4.74 Å². The molecule has 1 saturated carbocycles. The molecule has 0 radical (unpaired) electrons. The van der Waals surface area contributed by atoms with Crippen LogP contribution in [0.4, 0.5) is 0 Å². The minimum absolute atomic E-state index is 0.0436. The first kappa shape index (κ1) is 11.5. The lowest BCUT2D eigenvalue weighted by molar-refractivity contribution is -0.138. The molecule has 0 spiro atoms. The SMILES string of the molecule is CNCC1CC(OCC(=O)N(C)C)C1. The van der Waals surface area contributed by atoms with E-state index in [2.05, 4.69) is 5.32 Å². The Balaban J connectivity index is 2.03. The Bertz CT molecular complexity index is 189. The highest BCUT2D eigenvalue weighted by Crippen LogP contribution is 2.29. The summed E-state index contributed by atoms with van der Waals surface area (Å²) in [5.41, 5.74) is 0. The predicted molar refractivity (Wildman–Crippen MR) is 55.1 cm³/mol. The van der Waals surface area contributed by atoms with Gasteiger partial charge in [0, 0.05) is 14.1 Å². The minimum Gasteiger partial charge on any atom is -0.368 e. The summed E-state index contributed by atoms with van der Waals surface area (Å²) in [5, 5.41) is 3.14. The Hall–Kier alpha value is -0.610. The third-order valence-corrected chi connectivity index (χ3v) is 2.63. The summed E-state index contributed by atoms with van der Waals surface area (Å²) >= 11 is 0. The second-order valence-corrected chi connectivity index (χ2v) is 4.12. The Morgan fingerprint density at radius 3 is 2.64 bits per heavy atom. The molecule has 0 unspecified atom stereocenters. The Morgan fingerprint density at radius 2 is 2.14 bits per heavy atom. The van der Waals surface area contributed by atoms with Gasteiger partial charge in [-0.2, -0.15) is 0 Å². The van der Waals surface area contributed by atoms with Gasteiger partial charge in [0.25, 0.3) is 0 Å². The van der Waals surface area contributed by atoms with Gasteiger partial charge in [0.2, 0.25) is 5.91 Å². The molecule has 0 bridgehead atoms. The van der Waals surface area contributed by atoms with E-state index in [1.807, 2.05) is 7.05 Å². The number of carbonyl (C=O) groups is 1. The zero-order chi connectivity index (χ0) is 10.6. The van der Waals surface area contributed by atoms with Gasteiger partial charge in [-0.3, -0.25) is 4.79 Å². The van der Waals surface area contributed by atoms with Crippen LogP contribution in [0.5, 0.6) is 0 Å². The zero-order valence-corrected chi connectivity index (χ0v) is 9.25. The van der Waals surface area contributed by atoms with Crippen LogP contribution >= 0.6 is 0 Å². The molecular weight excluding hydrogens is 180 g/mol. The number of amides is 1. The first-order valence-corrected chi connectivity index (χ1v) is 5.09. The van der Waals surface area contributed by atoms with Crippen molar-refractivity contribution in [1.82, 2.24) is 10.2 Å². The number of hydrogen-bond donors (Lipinski definition) is 1. The maximum atomic E-state index is 11.2. The number of nitrogens with zero attached hydrogens (tertiary/aromatic N) is 1. The molecule has 1 aliphatic rings.